The Morgan fingerprint density at radius 2 is 2.20 bits per heavy atom. The molecule has 0 bridgehead atoms. The minimum absolute atomic E-state index is 0.0527. The number of aliphatic hydroxyl groups is 1. The molecule has 1 aliphatic heterocycles. The van der Waals surface area contributed by atoms with Gasteiger partial charge in [0.1, 0.15) is 6.10 Å². The van der Waals surface area contributed by atoms with Gasteiger partial charge in [-0.1, -0.05) is 51.4 Å². The van der Waals surface area contributed by atoms with Gasteiger partial charge in [-0.05, 0) is 26.1 Å². The zero-order valence-electron chi connectivity index (χ0n) is 14.0. The highest BCUT2D eigenvalue weighted by atomic mass is 32.0. The lowest BCUT2D eigenvalue weighted by atomic mass is 9.91. The molecule has 1 aliphatic carbocycles. The molecule has 0 amide bonds. The molecule has 2 fully saturated rings. The second-order valence-corrected chi connectivity index (χ2v) is 9.15. The van der Waals surface area contributed by atoms with E-state index in [1.54, 1.807) is 0 Å². The van der Waals surface area contributed by atoms with Crippen LogP contribution in [-0.2, 0) is 20.5 Å². The minimum Gasteiger partial charge on any atom is -0.462 e. The molecule has 25 heavy (non-hydrogen) atoms. The molecule has 1 heterocycles. The van der Waals surface area contributed by atoms with E-state index in [4.69, 9.17) is 16.8 Å². The SMILES string of the molecule is [B]P(P)OC1CC2OC(=O)CC2C1/C=C/C(O)CCc1ccccc1. The fraction of sp³-hybridized carbons (Fsp3) is 0.500. The van der Waals surface area contributed by atoms with E-state index in [2.05, 4.69) is 21.1 Å². The Labute approximate surface area is 153 Å². The second-order valence-electron chi connectivity index (χ2n) is 6.69. The van der Waals surface area contributed by atoms with Crippen LogP contribution in [0.25, 0.3) is 0 Å². The Bertz CT molecular complexity index is 610. The van der Waals surface area contributed by atoms with Crippen LogP contribution in [0.2, 0.25) is 0 Å². The molecular formula is C18H23BO4P2. The number of rotatable bonds is 7. The van der Waals surface area contributed by atoms with Crippen molar-refractivity contribution in [2.75, 3.05) is 0 Å². The third-order valence-electron chi connectivity index (χ3n) is 4.94. The molecule has 7 heteroatoms. The number of carbonyl (C=O) groups is 1. The van der Waals surface area contributed by atoms with E-state index in [0.29, 0.717) is 19.3 Å². The monoisotopic (exact) mass is 376 g/mol. The highest BCUT2D eigenvalue weighted by Crippen LogP contribution is 2.50. The first-order valence-electron chi connectivity index (χ1n) is 8.59. The van der Waals surface area contributed by atoms with Crippen LogP contribution in [-0.4, -0.2) is 37.0 Å². The van der Waals surface area contributed by atoms with E-state index in [1.807, 2.05) is 30.4 Å². The van der Waals surface area contributed by atoms with Gasteiger partial charge in [0.2, 0.25) is 0 Å². The molecule has 2 radical (unpaired) electrons. The topological polar surface area (TPSA) is 55.8 Å². The van der Waals surface area contributed by atoms with Gasteiger partial charge in [-0.25, -0.2) is 0 Å². The molecule has 7 unspecified atom stereocenters. The second kappa shape index (κ2) is 8.78. The molecule has 0 aromatic heterocycles. The first-order chi connectivity index (χ1) is 12.0. The van der Waals surface area contributed by atoms with Crippen LogP contribution in [0.15, 0.2) is 42.5 Å². The summed E-state index contributed by atoms with van der Waals surface area (Å²) in [6.45, 7) is 0. The van der Waals surface area contributed by atoms with E-state index in [-0.39, 0.29) is 30.0 Å². The van der Waals surface area contributed by atoms with E-state index < -0.39 is 13.8 Å². The van der Waals surface area contributed by atoms with Gasteiger partial charge in [-0.3, -0.25) is 4.79 Å². The molecule has 0 spiro atoms. The molecule has 2 aliphatic rings. The Kier molecular flexibility index (Phi) is 6.69. The van der Waals surface area contributed by atoms with Crippen molar-refractivity contribution >= 4 is 30.2 Å². The van der Waals surface area contributed by atoms with E-state index >= 15 is 0 Å². The number of hydrogen-bond acceptors (Lipinski definition) is 4. The van der Waals surface area contributed by atoms with Gasteiger partial charge in [0.25, 0.3) is 0 Å². The van der Waals surface area contributed by atoms with Gasteiger partial charge in [0, 0.05) is 18.3 Å². The summed E-state index contributed by atoms with van der Waals surface area (Å²) < 4.78 is 11.2. The Morgan fingerprint density at radius 1 is 1.44 bits per heavy atom. The summed E-state index contributed by atoms with van der Waals surface area (Å²) in [6.07, 6.45) is 5.73. The van der Waals surface area contributed by atoms with Crippen LogP contribution in [0.3, 0.4) is 0 Å². The lowest BCUT2D eigenvalue weighted by Gasteiger charge is -2.22. The van der Waals surface area contributed by atoms with Gasteiger partial charge >= 0.3 is 5.97 Å². The van der Waals surface area contributed by atoms with Crippen molar-refractivity contribution in [1.29, 1.82) is 0 Å². The number of hydrogen-bond donors (Lipinski definition) is 1. The van der Waals surface area contributed by atoms with Crippen LogP contribution >= 0.6 is 16.6 Å². The fourth-order valence-corrected chi connectivity index (χ4v) is 4.75. The molecular weight excluding hydrogens is 353 g/mol. The summed E-state index contributed by atoms with van der Waals surface area (Å²) in [5.41, 5.74) is 1.21. The summed E-state index contributed by atoms with van der Waals surface area (Å²) in [6, 6.07) is 10.1. The highest BCUT2D eigenvalue weighted by molar-refractivity contribution is 8.23. The number of esters is 1. The summed E-state index contributed by atoms with van der Waals surface area (Å²) >= 11 is 0. The largest absolute Gasteiger partial charge is 0.462 e. The Morgan fingerprint density at radius 3 is 2.92 bits per heavy atom. The quantitative estimate of drug-likeness (QED) is 0.344. The molecule has 3 rings (SSSR count). The third kappa shape index (κ3) is 5.14. The summed E-state index contributed by atoms with van der Waals surface area (Å²) in [5, 5.41) is 10.3. The van der Waals surface area contributed by atoms with Crippen molar-refractivity contribution in [3.63, 3.8) is 0 Å². The maximum absolute atomic E-state index is 11.6. The lowest BCUT2D eigenvalue weighted by Crippen LogP contribution is -2.20. The molecule has 1 N–H and O–H groups in total. The van der Waals surface area contributed by atoms with Crippen LogP contribution in [0.4, 0.5) is 0 Å². The molecule has 1 aromatic rings. The van der Waals surface area contributed by atoms with E-state index in [1.165, 1.54) is 5.56 Å². The standard InChI is InChI=1S/C18H23BO4P2/c19-25(24)23-17-11-16-15(10-18(21)22-16)14(17)9-8-13(20)7-6-12-4-2-1-3-5-12/h1-5,8-9,13-17,20H,6-7,10-11,24H2/b9-8+. The summed E-state index contributed by atoms with van der Waals surface area (Å²) in [7, 11) is 7.24. The molecule has 1 saturated heterocycles. The first-order valence-corrected chi connectivity index (χ1v) is 11.5. The third-order valence-corrected chi connectivity index (χ3v) is 5.81. The van der Waals surface area contributed by atoms with Crippen molar-refractivity contribution in [1.82, 2.24) is 0 Å². The van der Waals surface area contributed by atoms with Gasteiger partial charge < -0.3 is 14.4 Å². The van der Waals surface area contributed by atoms with Crippen LogP contribution < -0.4 is 0 Å². The normalized spacial score (nSPS) is 31.0. The fourth-order valence-electron chi connectivity index (χ4n) is 3.75. The minimum atomic E-state index is -1.05. The van der Waals surface area contributed by atoms with Gasteiger partial charge in [0.05, 0.1) is 18.6 Å². The predicted octanol–water partition coefficient (Wildman–Crippen LogP) is 3.14. The van der Waals surface area contributed by atoms with Gasteiger partial charge in [0.15, 0.2) is 7.57 Å². The molecule has 132 valence electrons. The number of aryl methyl sites for hydroxylation is 1. The number of aliphatic hydroxyl groups excluding tert-OH is 1. The highest BCUT2D eigenvalue weighted by Gasteiger charge is 2.49. The first kappa shape index (κ1) is 19.0. The lowest BCUT2D eigenvalue weighted by molar-refractivity contribution is -0.141. The van der Waals surface area contributed by atoms with Gasteiger partial charge in [-0.15, -0.1) is 0 Å². The van der Waals surface area contributed by atoms with E-state index in [9.17, 15) is 9.90 Å². The average Bonchev–Trinajstić information content (AvgIpc) is 3.07. The summed E-state index contributed by atoms with van der Waals surface area (Å²) in [4.78, 5) is 11.6. The maximum Gasteiger partial charge on any atom is 0.306 e. The Balaban J connectivity index is 1.59. The number of benzene rings is 1. The zero-order chi connectivity index (χ0) is 17.8. The smallest absolute Gasteiger partial charge is 0.306 e. The van der Waals surface area contributed by atoms with Crippen LogP contribution in [0.5, 0.6) is 0 Å². The van der Waals surface area contributed by atoms with Crippen molar-refractivity contribution in [3.05, 3.63) is 48.0 Å². The molecule has 7 atom stereocenters. The zero-order valence-corrected chi connectivity index (χ0v) is 16.1. The predicted molar refractivity (Wildman–Crippen MR) is 103 cm³/mol. The van der Waals surface area contributed by atoms with Crippen LogP contribution in [0.1, 0.15) is 24.8 Å². The summed E-state index contributed by atoms with van der Waals surface area (Å²) in [5.74, 6) is 0.0318. The molecule has 4 nitrogen and oxygen atoms in total. The number of fused-ring (bicyclic) bond motifs is 1. The average molecular weight is 376 g/mol. The van der Waals surface area contributed by atoms with E-state index in [0.717, 1.165) is 6.42 Å². The number of carbonyl (C=O) groups excluding carboxylic acids is 1. The van der Waals surface area contributed by atoms with Gasteiger partial charge in [-0.2, -0.15) is 0 Å². The molecule has 1 saturated carbocycles. The van der Waals surface area contributed by atoms with Crippen molar-refractivity contribution in [2.45, 2.75) is 44.0 Å². The van der Waals surface area contributed by atoms with Crippen LogP contribution in [0, 0.1) is 11.8 Å². The number of ether oxygens (including phenoxy) is 1. The van der Waals surface area contributed by atoms with Crippen molar-refractivity contribution < 1.29 is 19.2 Å². The molecule has 1 aromatic carbocycles. The Hall–Kier alpha value is -0.725. The maximum atomic E-state index is 11.6. The van der Waals surface area contributed by atoms with Crippen molar-refractivity contribution in [3.8, 4) is 0 Å². The van der Waals surface area contributed by atoms with Crippen molar-refractivity contribution in [2.24, 2.45) is 11.8 Å².